The van der Waals surface area contributed by atoms with Crippen molar-refractivity contribution < 1.29 is 64.6 Å². The SMILES string of the molecule is CCCCCCCCC/C=C\CCCCCCCC(=O)NC(COC1OC(CO)C(OC2OC(CO)C(O)C(O)C2O)C(O)C1O)C(O)/C=C/CC/C=C/CC/C=C/CCCCCCCCC. The van der Waals surface area contributed by atoms with E-state index in [4.69, 9.17) is 18.9 Å². The van der Waals surface area contributed by atoms with Crippen LogP contribution in [0.15, 0.2) is 48.6 Å². The predicted octanol–water partition coefficient (Wildman–Crippen LogP) is 7.27. The monoisotopic (exact) mass is 954 g/mol. The number of carbonyl (C=O) groups is 1. The van der Waals surface area contributed by atoms with E-state index < -0.39 is 86.8 Å². The largest absolute Gasteiger partial charge is 0.394 e. The third kappa shape index (κ3) is 26.7. The fourth-order valence-electron chi connectivity index (χ4n) is 8.37. The van der Waals surface area contributed by atoms with Gasteiger partial charge in [0.15, 0.2) is 12.6 Å². The highest BCUT2D eigenvalue weighted by Gasteiger charge is 2.51. The van der Waals surface area contributed by atoms with Crippen molar-refractivity contribution in [1.29, 1.82) is 0 Å². The van der Waals surface area contributed by atoms with Crippen LogP contribution in [0.3, 0.4) is 0 Å². The number of allylic oxidation sites excluding steroid dienone is 7. The molecule has 0 aromatic rings. The second-order valence-corrected chi connectivity index (χ2v) is 18.6. The maximum Gasteiger partial charge on any atom is 0.220 e. The molecule has 67 heavy (non-hydrogen) atoms. The number of hydrogen-bond acceptors (Lipinski definition) is 13. The summed E-state index contributed by atoms with van der Waals surface area (Å²) in [5, 5.41) is 86.8. The summed E-state index contributed by atoms with van der Waals surface area (Å²) < 4.78 is 22.7. The lowest BCUT2D eigenvalue weighted by atomic mass is 9.97. The Labute approximate surface area is 403 Å². The Morgan fingerprint density at radius 1 is 0.522 bits per heavy atom. The maximum atomic E-state index is 13.2. The summed E-state index contributed by atoms with van der Waals surface area (Å²) in [4.78, 5) is 13.2. The summed E-state index contributed by atoms with van der Waals surface area (Å²) in [5.41, 5.74) is 0. The molecule has 390 valence electrons. The fraction of sp³-hybridized carbons (Fsp3) is 0.830. The van der Waals surface area contributed by atoms with Gasteiger partial charge in [-0.3, -0.25) is 4.79 Å². The zero-order chi connectivity index (χ0) is 48.9. The Hall–Kier alpha value is -2.05. The Bertz CT molecular complexity index is 1310. The van der Waals surface area contributed by atoms with Crippen LogP contribution in [0.4, 0.5) is 0 Å². The van der Waals surface area contributed by atoms with Crippen LogP contribution >= 0.6 is 0 Å². The molecule has 2 fully saturated rings. The van der Waals surface area contributed by atoms with Crippen molar-refractivity contribution in [2.24, 2.45) is 0 Å². The normalized spacial score (nSPS) is 27.0. The minimum atomic E-state index is -1.79. The summed E-state index contributed by atoms with van der Waals surface area (Å²) in [6.07, 6.45) is 30.0. The third-order valence-electron chi connectivity index (χ3n) is 12.7. The third-order valence-corrected chi connectivity index (χ3v) is 12.7. The average Bonchev–Trinajstić information content (AvgIpc) is 3.32. The molecule has 2 aliphatic heterocycles. The number of unbranched alkanes of at least 4 members (excludes halogenated alkanes) is 21. The summed E-state index contributed by atoms with van der Waals surface area (Å²) in [6, 6.07) is -0.941. The van der Waals surface area contributed by atoms with Crippen LogP contribution in [0.1, 0.15) is 187 Å². The van der Waals surface area contributed by atoms with E-state index in [-0.39, 0.29) is 18.9 Å². The van der Waals surface area contributed by atoms with Gasteiger partial charge < -0.3 is 65.1 Å². The highest BCUT2D eigenvalue weighted by molar-refractivity contribution is 5.76. The van der Waals surface area contributed by atoms with Crippen molar-refractivity contribution in [3.8, 4) is 0 Å². The first-order chi connectivity index (χ1) is 32.6. The lowest BCUT2D eigenvalue weighted by Gasteiger charge is -2.46. The number of aliphatic hydroxyl groups is 8. The second-order valence-electron chi connectivity index (χ2n) is 18.6. The van der Waals surface area contributed by atoms with Crippen LogP contribution < -0.4 is 5.32 Å². The molecule has 0 aromatic heterocycles. The Kier molecular flexibility index (Phi) is 36.1. The number of amides is 1. The number of hydrogen-bond donors (Lipinski definition) is 9. The molecule has 14 nitrogen and oxygen atoms in total. The first kappa shape index (κ1) is 61.1. The van der Waals surface area contributed by atoms with Gasteiger partial charge in [0, 0.05) is 6.42 Å². The summed E-state index contributed by atoms with van der Waals surface area (Å²) >= 11 is 0. The van der Waals surface area contributed by atoms with Gasteiger partial charge in [-0.1, -0.05) is 159 Å². The van der Waals surface area contributed by atoms with Crippen molar-refractivity contribution in [2.75, 3.05) is 19.8 Å². The standard InChI is InChI=1S/C53H95NO13/c1-3-5-7-9-11-13-15-17-19-21-22-24-26-28-30-32-34-36-42(57)41(54-45(58)37-35-33-31-29-27-25-23-20-18-16-14-12-10-8-6-4-2)40-64-52-50(63)48(61)51(44(39-56)66-52)67-53-49(62)47(60)46(59)43(38-55)65-53/h19-21,23,26,28,34,36,41-44,46-53,55-57,59-63H,3-18,22,24-25,27,29-33,35,37-40H2,1-2H3,(H,54,58)/b21-19+,23-20-,28-26+,36-34+. The average molecular weight is 954 g/mol. The molecule has 14 heteroatoms. The molecule has 0 aliphatic carbocycles. The van der Waals surface area contributed by atoms with Crippen molar-refractivity contribution in [2.45, 2.75) is 261 Å². The number of aliphatic hydroxyl groups excluding tert-OH is 8. The van der Waals surface area contributed by atoms with Crippen molar-refractivity contribution in [1.82, 2.24) is 5.32 Å². The molecule has 12 atom stereocenters. The van der Waals surface area contributed by atoms with E-state index in [1.165, 1.54) is 89.9 Å². The van der Waals surface area contributed by atoms with E-state index in [2.05, 4.69) is 55.6 Å². The van der Waals surface area contributed by atoms with E-state index in [0.717, 1.165) is 64.2 Å². The highest BCUT2D eigenvalue weighted by atomic mass is 16.7. The second kappa shape index (κ2) is 39.6. The zero-order valence-electron chi connectivity index (χ0n) is 41.4. The van der Waals surface area contributed by atoms with Gasteiger partial charge >= 0.3 is 0 Å². The molecule has 12 unspecified atom stereocenters. The molecule has 2 aliphatic rings. The Balaban J connectivity index is 1.87. The summed E-state index contributed by atoms with van der Waals surface area (Å²) in [6.45, 7) is 2.74. The predicted molar refractivity (Wildman–Crippen MR) is 263 cm³/mol. The quantitative estimate of drug-likeness (QED) is 0.0218. The van der Waals surface area contributed by atoms with Gasteiger partial charge in [-0.15, -0.1) is 0 Å². The Morgan fingerprint density at radius 2 is 0.955 bits per heavy atom. The highest BCUT2D eigenvalue weighted by Crippen LogP contribution is 2.30. The lowest BCUT2D eigenvalue weighted by Crippen LogP contribution is -2.65. The van der Waals surface area contributed by atoms with Gasteiger partial charge in [-0.05, 0) is 70.6 Å². The summed E-state index contributed by atoms with van der Waals surface area (Å²) in [7, 11) is 0. The van der Waals surface area contributed by atoms with Crippen LogP contribution in [0.2, 0.25) is 0 Å². The molecule has 0 spiro atoms. The molecule has 0 saturated carbocycles. The first-order valence-electron chi connectivity index (χ1n) is 26.4. The minimum absolute atomic E-state index is 0.259. The number of ether oxygens (including phenoxy) is 4. The van der Waals surface area contributed by atoms with E-state index >= 15 is 0 Å². The van der Waals surface area contributed by atoms with Crippen LogP contribution in [-0.4, -0.2) is 140 Å². The maximum absolute atomic E-state index is 13.2. The van der Waals surface area contributed by atoms with E-state index in [1.807, 2.05) is 6.08 Å². The fourth-order valence-corrected chi connectivity index (χ4v) is 8.37. The van der Waals surface area contributed by atoms with Gasteiger partial charge in [0.05, 0.1) is 32.0 Å². The van der Waals surface area contributed by atoms with Gasteiger partial charge in [-0.2, -0.15) is 0 Å². The smallest absolute Gasteiger partial charge is 0.220 e. The Morgan fingerprint density at radius 3 is 1.46 bits per heavy atom. The van der Waals surface area contributed by atoms with Gasteiger partial charge in [-0.25, -0.2) is 0 Å². The molecule has 1 amide bonds. The molecule has 2 rings (SSSR count). The van der Waals surface area contributed by atoms with Crippen molar-refractivity contribution in [3.63, 3.8) is 0 Å². The molecule has 9 N–H and O–H groups in total. The lowest BCUT2D eigenvalue weighted by molar-refractivity contribution is -0.359. The van der Waals surface area contributed by atoms with Crippen molar-refractivity contribution in [3.05, 3.63) is 48.6 Å². The van der Waals surface area contributed by atoms with Gasteiger partial charge in [0.2, 0.25) is 5.91 Å². The number of nitrogens with one attached hydrogen (secondary N) is 1. The van der Waals surface area contributed by atoms with Crippen LogP contribution in [0.5, 0.6) is 0 Å². The molecular formula is C53H95NO13. The number of rotatable bonds is 40. The van der Waals surface area contributed by atoms with Crippen LogP contribution in [-0.2, 0) is 23.7 Å². The molecule has 0 radical (unpaired) electrons. The first-order valence-corrected chi connectivity index (χ1v) is 26.4. The van der Waals surface area contributed by atoms with E-state index in [0.29, 0.717) is 12.8 Å². The zero-order valence-corrected chi connectivity index (χ0v) is 41.4. The van der Waals surface area contributed by atoms with E-state index in [9.17, 15) is 45.6 Å². The minimum Gasteiger partial charge on any atom is -0.394 e. The molecular weight excluding hydrogens is 859 g/mol. The van der Waals surface area contributed by atoms with E-state index in [1.54, 1.807) is 6.08 Å². The molecule has 2 heterocycles. The van der Waals surface area contributed by atoms with Gasteiger partial charge in [0.25, 0.3) is 0 Å². The molecule has 0 aromatic carbocycles. The molecule has 0 bridgehead atoms. The number of carbonyl (C=O) groups excluding carboxylic acids is 1. The van der Waals surface area contributed by atoms with Crippen molar-refractivity contribution >= 4 is 5.91 Å². The topological polar surface area (TPSA) is 228 Å². The molecule has 2 saturated heterocycles. The van der Waals surface area contributed by atoms with Crippen LogP contribution in [0.25, 0.3) is 0 Å². The van der Waals surface area contributed by atoms with Crippen LogP contribution in [0, 0.1) is 0 Å². The summed E-state index contributed by atoms with van der Waals surface area (Å²) in [5.74, 6) is -0.264. The van der Waals surface area contributed by atoms with Gasteiger partial charge in [0.1, 0.15) is 48.8 Å².